The SMILES string of the molecule is FC(F)(F)c1ccc(-n2c3ccccc3c3cc(-c4cc5c6c(c4)N(c4ccccc4)c4ccccc4B6c4ccccc4N5c4ccccc4)ccc32)c(-c2cc(-c3ccccc3)nc(-c3ccccc3)n2)c1. The van der Waals surface area contributed by atoms with Crippen LogP contribution >= 0.6 is 0 Å². The molecule has 0 amide bonds. The second-order valence-corrected chi connectivity index (χ2v) is 18.8. The number of rotatable bonds is 7. The highest BCUT2D eigenvalue weighted by Crippen LogP contribution is 2.47. The van der Waals surface area contributed by atoms with Crippen LogP contribution in [0.4, 0.5) is 47.3 Å². The molecule has 12 aromatic rings. The maximum Gasteiger partial charge on any atom is 0.416 e. The van der Waals surface area contributed by atoms with Crippen molar-refractivity contribution < 1.29 is 13.2 Å². The molecule has 0 saturated heterocycles. The summed E-state index contributed by atoms with van der Waals surface area (Å²) < 4.78 is 46.7. The summed E-state index contributed by atoms with van der Waals surface area (Å²) in [5.74, 6) is 0.413. The summed E-state index contributed by atoms with van der Waals surface area (Å²) in [6, 6.07) is 83.0. The number of nitrogens with zero attached hydrogens (tertiary/aromatic N) is 5. The van der Waals surface area contributed by atoms with Crippen LogP contribution in [-0.2, 0) is 6.18 Å². The van der Waals surface area contributed by atoms with E-state index in [1.165, 1.54) is 28.5 Å². The fourth-order valence-corrected chi connectivity index (χ4v) is 11.4. The third kappa shape index (κ3) is 7.03. The lowest BCUT2D eigenvalue weighted by atomic mass is 9.33. The summed E-state index contributed by atoms with van der Waals surface area (Å²) >= 11 is 0. The van der Waals surface area contributed by atoms with Gasteiger partial charge in [-0.1, -0.05) is 158 Å². The molecule has 9 heteroatoms. The van der Waals surface area contributed by atoms with Gasteiger partial charge in [0.15, 0.2) is 5.82 Å². The van der Waals surface area contributed by atoms with Gasteiger partial charge in [0.1, 0.15) is 0 Å². The third-order valence-corrected chi connectivity index (χ3v) is 14.6. The van der Waals surface area contributed by atoms with E-state index in [9.17, 15) is 13.2 Å². The van der Waals surface area contributed by atoms with E-state index in [1.807, 2.05) is 78.9 Å². The molecule has 2 aliphatic heterocycles. The van der Waals surface area contributed by atoms with E-state index in [2.05, 4.69) is 160 Å². The normalized spacial score (nSPS) is 12.7. The van der Waals surface area contributed by atoms with E-state index in [4.69, 9.17) is 9.97 Å². The summed E-state index contributed by atoms with van der Waals surface area (Å²) in [7, 11) is 0. The fourth-order valence-electron chi connectivity index (χ4n) is 11.4. The molecule has 0 saturated carbocycles. The Balaban J connectivity index is 1.01. The first-order chi connectivity index (χ1) is 36.4. The number of anilines is 6. The average molecular weight is 960 g/mol. The van der Waals surface area contributed by atoms with E-state index in [1.54, 1.807) is 12.1 Å². The van der Waals surface area contributed by atoms with E-state index in [0.717, 1.165) is 78.2 Å². The molecule has 2 aliphatic rings. The quantitative estimate of drug-likeness (QED) is 0.149. The molecular formula is C65H41BF3N5. The molecule has 14 rings (SSSR count). The zero-order chi connectivity index (χ0) is 49.5. The number of fused-ring (bicyclic) bond motifs is 7. The van der Waals surface area contributed by atoms with E-state index in [-0.39, 0.29) is 6.71 Å². The lowest BCUT2D eigenvalue weighted by Gasteiger charge is -2.44. The second-order valence-electron chi connectivity index (χ2n) is 18.8. The van der Waals surface area contributed by atoms with Crippen molar-refractivity contribution >= 4 is 79.0 Å². The number of aromatic nitrogens is 3. The monoisotopic (exact) mass is 959 g/mol. The average Bonchev–Trinajstić information content (AvgIpc) is 3.82. The van der Waals surface area contributed by atoms with Crippen LogP contribution in [0.25, 0.3) is 72.5 Å². The van der Waals surface area contributed by atoms with Crippen molar-refractivity contribution in [2.45, 2.75) is 6.18 Å². The number of para-hydroxylation sites is 5. The summed E-state index contributed by atoms with van der Waals surface area (Å²) in [5.41, 5.74) is 16.7. The van der Waals surface area contributed by atoms with E-state index < -0.39 is 11.7 Å². The lowest BCUT2D eigenvalue weighted by molar-refractivity contribution is -0.137. The zero-order valence-corrected chi connectivity index (χ0v) is 39.6. The first kappa shape index (κ1) is 43.3. The molecule has 2 aromatic heterocycles. The van der Waals surface area contributed by atoms with Gasteiger partial charge in [-0.2, -0.15) is 13.2 Å². The summed E-state index contributed by atoms with van der Waals surface area (Å²) in [6.07, 6.45) is -4.61. The minimum atomic E-state index is -4.61. The summed E-state index contributed by atoms with van der Waals surface area (Å²) in [4.78, 5) is 14.8. The smallest absolute Gasteiger partial charge is 0.311 e. The fraction of sp³-hybridized carbons (Fsp3) is 0.0154. The van der Waals surface area contributed by atoms with Crippen LogP contribution in [0, 0.1) is 0 Å². The number of alkyl halides is 3. The van der Waals surface area contributed by atoms with Crippen LogP contribution in [0.2, 0.25) is 0 Å². The summed E-state index contributed by atoms with van der Waals surface area (Å²) in [6.45, 7) is -0.0257. The molecule has 0 unspecified atom stereocenters. The highest BCUT2D eigenvalue weighted by Gasteiger charge is 2.43. The molecule has 0 aliphatic carbocycles. The van der Waals surface area contributed by atoms with Crippen molar-refractivity contribution in [3.05, 3.63) is 254 Å². The Morgan fingerprint density at radius 2 is 0.892 bits per heavy atom. The van der Waals surface area contributed by atoms with Crippen LogP contribution in [0.1, 0.15) is 5.56 Å². The van der Waals surface area contributed by atoms with Gasteiger partial charge in [-0.05, 0) is 119 Å². The van der Waals surface area contributed by atoms with Gasteiger partial charge in [0.25, 0.3) is 6.71 Å². The summed E-state index contributed by atoms with van der Waals surface area (Å²) in [5, 5.41) is 1.92. The van der Waals surface area contributed by atoms with Crippen molar-refractivity contribution in [1.82, 2.24) is 14.5 Å². The van der Waals surface area contributed by atoms with Gasteiger partial charge >= 0.3 is 6.18 Å². The van der Waals surface area contributed by atoms with Crippen LogP contribution in [-0.4, -0.2) is 21.2 Å². The van der Waals surface area contributed by atoms with Crippen molar-refractivity contribution in [3.63, 3.8) is 0 Å². The molecule has 0 bridgehead atoms. The Bertz CT molecular complexity index is 3970. The van der Waals surface area contributed by atoms with Crippen LogP contribution in [0.15, 0.2) is 249 Å². The Labute approximate surface area is 425 Å². The molecule has 10 aromatic carbocycles. The Hall–Kier alpha value is -9.47. The van der Waals surface area contributed by atoms with Crippen molar-refractivity contribution in [2.75, 3.05) is 9.80 Å². The first-order valence-corrected chi connectivity index (χ1v) is 24.7. The minimum absolute atomic E-state index is 0.0257. The third-order valence-electron chi connectivity index (χ3n) is 14.6. The van der Waals surface area contributed by atoms with Crippen molar-refractivity contribution in [3.8, 4) is 50.7 Å². The molecule has 0 fully saturated rings. The number of halogens is 3. The largest absolute Gasteiger partial charge is 0.416 e. The van der Waals surface area contributed by atoms with Crippen molar-refractivity contribution in [2.24, 2.45) is 0 Å². The Morgan fingerprint density at radius 3 is 1.51 bits per heavy atom. The standard InChI is InChI=1S/C65H41BF3N5/c67-65(68,69)46-34-36-58(51(40-46)55-41-54(42-19-5-1-6-20-42)70-64(71-55)43-21-7-2-8-22-43)74-56-30-16-13-27-49(56)50-37-44(33-35-57(50)74)45-38-61-63-62(39-45)73(48-25-11-4-12-26-48)60-32-18-15-29-53(60)66(63)52-28-14-17-31-59(52)72(61)47-23-9-3-10-24-47/h1-41H. The molecular weight excluding hydrogens is 919 g/mol. The molecule has 4 heterocycles. The van der Waals surface area contributed by atoms with Gasteiger partial charge in [-0.25, -0.2) is 9.97 Å². The second kappa shape index (κ2) is 17.1. The molecule has 74 heavy (non-hydrogen) atoms. The molecule has 0 atom stereocenters. The molecule has 0 N–H and O–H groups in total. The minimum Gasteiger partial charge on any atom is -0.311 e. The van der Waals surface area contributed by atoms with Crippen LogP contribution < -0.4 is 26.2 Å². The predicted molar refractivity (Wildman–Crippen MR) is 297 cm³/mol. The van der Waals surface area contributed by atoms with Gasteiger partial charge in [-0.3, -0.25) is 0 Å². The predicted octanol–water partition coefficient (Wildman–Crippen LogP) is 15.3. The maximum atomic E-state index is 14.9. The topological polar surface area (TPSA) is 37.2 Å². The van der Waals surface area contributed by atoms with Gasteiger partial charge in [-0.15, -0.1) is 0 Å². The Kier molecular flexibility index (Phi) is 10.0. The lowest BCUT2D eigenvalue weighted by Crippen LogP contribution is -2.61. The number of hydrogen-bond acceptors (Lipinski definition) is 4. The zero-order valence-electron chi connectivity index (χ0n) is 39.6. The molecule has 350 valence electrons. The van der Waals surface area contributed by atoms with Crippen molar-refractivity contribution in [1.29, 1.82) is 0 Å². The highest BCUT2D eigenvalue weighted by molar-refractivity contribution is 7.00. The number of hydrogen-bond donors (Lipinski definition) is 0. The van der Waals surface area contributed by atoms with E-state index in [0.29, 0.717) is 28.5 Å². The van der Waals surface area contributed by atoms with E-state index >= 15 is 0 Å². The number of benzene rings is 10. The first-order valence-electron chi connectivity index (χ1n) is 24.7. The Morgan fingerprint density at radius 1 is 0.365 bits per heavy atom. The van der Waals surface area contributed by atoms with Gasteiger partial charge < -0.3 is 14.4 Å². The van der Waals surface area contributed by atoms with Gasteiger partial charge in [0.05, 0.1) is 33.7 Å². The molecule has 0 radical (unpaired) electrons. The molecule has 5 nitrogen and oxygen atoms in total. The highest BCUT2D eigenvalue weighted by atomic mass is 19.4. The molecule has 0 spiro atoms. The van der Waals surface area contributed by atoms with Crippen LogP contribution in [0.3, 0.4) is 0 Å². The van der Waals surface area contributed by atoms with Gasteiger partial charge in [0, 0.05) is 61.6 Å². The van der Waals surface area contributed by atoms with Gasteiger partial charge in [0.2, 0.25) is 0 Å². The van der Waals surface area contributed by atoms with Crippen LogP contribution in [0.5, 0.6) is 0 Å². The maximum absolute atomic E-state index is 14.9.